The molecule has 2 fully saturated rings. The van der Waals surface area contributed by atoms with E-state index < -0.39 is 17.6 Å². The van der Waals surface area contributed by atoms with Gasteiger partial charge in [0.05, 0.1) is 29.5 Å². The SMILES string of the molecule is NC(=O)/C(I)=C\N(C(=O)C(=O)c1ccccc1)[C@H]1C[C@H](OCc2ccccc2)C2(COCc3ccccc3)C[C@H]12. The lowest BCUT2D eigenvalue weighted by Gasteiger charge is -2.28. The molecular weight excluding hydrogens is 619 g/mol. The summed E-state index contributed by atoms with van der Waals surface area (Å²) in [5.41, 5.74) is 7.65. The summed E-state index contributed by atoms with van der Waals surface area (Å²) in [4.78, 5) is 40.2. The number of rotatable bonds is 12. The van der Waals surface area contributed by atoms with Crippen LogP contribution < -0.4 is 5.73 Å². The van der Waals surface area contributed by atoms with Crippen LogP contribution in [0.15, 0.2) is 101 Å². The van der Waals surface area contributed by atoms with E-state index in [9.17, 15) is 14.4 Å². The fourth-order valence-electron chi connectivity index (χ4n) is 5.68. The molecule has 206 valence electrons. The summed E-state index contributed by atoms with van der Waals surface area (Å²) >= 11 is 1.81. The maximum Gasteiger partial charge on any atom is 0.299 e. The van der Waals surface area contributed by atoms with Crippen LogP contribution in [0.4, 0.5) is 0 Å². The number of carbonyl (C=O) groups is 3. The highest BCUT2D eigenvalue weighted by Crippen LogP contribution is 2.66. The van der Waals surface area contributed by atoms with Gasteiger partial charge in [-0.1, -0.05) is 91.0 Å². The van der Waals surface area contributed by atoms with Crippen LogP contribution in [0.25, 0.3) is 0 Å². The second-order valence-electron chi connectivity index (χ2n) is 10.4. The number of hydrogen-bond acceptors (Lipinski definition) is 5. The zero-order valence-electron chi connectivity index (χ0n) is 21.9. The third-order valence-corrected chi connectivity index (χ3v) is 8.64. The molecule has 0 heterocycles. The molecule has 2 aliphatic rings. The van der Waals surface area contributed by atoms with Crippen LogP contribution in [0.3, 0.4) is 0 Å². The van der Waals surface area contributed by atoms with Crippen LogP contribution in [0.1, 0.15) is 34.3 Å². The Hall–Kier alpha value is -3.34. The van der Waals surface area contributed by atoms with Gasteiger partial charge in [0.1, 0.15) is 0 Å². The molecule has 0 radical (unpaired) electrons. The van der Waals surface area contributed by atoms with Crippen molar-refractivity contribution < 1.29 is 23.9 Å². The lowest BCUT2D eigenvalue weighted by atomic mass is 10.0. The van der Waals surface area contributed by atoms with E-state index in [1.807, 2.05) is 83.3 Å². The number of amides is 2. The topological polar surface area (TPSA) is 98.9 Å². The number of Topliss-reactive ketones (excluding diaryl/α,β-unsaturated/α-hetero) is 1. The standard InChI is InChI=1S/C32H31IN2O5/c33-26(30(34)37)18-35(31(38)29(36)24-14-8-3-9-15-24)27-16-28(40-20-23-12-6-2-7-13-23)32(17-25(27)32)21-39-19-22-10-4-1-5-11-22/h1-15,18,25,27-28H,16-17,19-21H2,(H2,34,37)/b26-18+/t25-,27+,28+,32?/m1/s1. The summed E-state index contributed by atoms with van der Waals surface area (Å²) in [6.07, 6.45) is 2.53. The maximum atomic E-state index is 13.6. The number of fused-ring (bicyclic) bond motifs is 1. The van der Waals surface area contributed by atoms with Gasteiger partial charge in [-0.3, -0.25) is 14.4 Å². The van der Waals surface area contributed by atoms with E-state index in [1.54, 1.807) is 30.3 Å². The van der Waals surface area contributed by atoms with E-state index in [0.29, 0.717) is 31.8 Å². The van der Waals surface area contributed by atoms with E-state index in [-0.39, 0.29) is 27.1 Å². The number of nitrogens with zero attached hydrogens (tertiary/aromatic N) is 1. The molecule has 3 aromatic rings. The largest absolute Gasteiger partial charge is 0.376 e. The number of hydrogen-bond donors (Lipinski definition) is 1. The number of halogens is 1. The van der Waals surface area contributed by atoms with Gasteiger partial charge in [0, 0.05) is 23.2 Å². The third kappa shape index (κ3) is 6.19. The Morgan fingerprint density at radius 1 is 0.900 bits per heavy atom. The van der Waals surface area contributed by atoms with Gasteiger partial charge >= 0.3 is 0 Å². The van der Waals surface area contributed by atoms with Crippen molar-refractivity contribution in [2.24, 2.45) is 17.1 Å². The summed E-state index contributed by atoms with van der Waals surface area (Å²) in [6, 6.07) is 28.0. The number of primary amides is 1. The number of carbonyl (C=O) groups excluding carboxylic acids is 3. The van der Waals surface area contributed by atoms with Crippen molar-refractivity contribution in [2.45, 2.75) is 38.2 Å². The van der Waals surface area contributed by atoms with Crippen molar-refractivity contribution in [3.63, 3.8) is 0 Å². The predicted molar refractivity (Wildman–Crippen MR) is 159 cm³/mol. The molecule has 0 saturated heterocycles. The Balaban J connectivity index is 1.40. The summed E-state index contributed by atoms with van der Waals surface area (Å²) in [6.45, 7) is 1.37. The summed E-state index contributed by atoms with van der Waals surface area (Å²) in [5.74, 6) is -1.94. The van der Waals surface area contributed by atoms with Crippen LogP contribution >= 0.6 is 22.6 Å². The van der Waals surface area contributed by atoms with Crippen LogP contribution in [0.5, 0.6) is 0 Å². The normalized spacial score (nSPS) is 23.3. The molecule has 4 atom stereocenters. The average Bonchev–Trinajstić information content (AvgIpc) is 3.64. The fraction of sp³-hybridized carbons (Fsp3) is 0.281. The molecule has 3 aromatic carbocycles. The molecule has 40 heavy (non-hydrogen) atoms. The molecule has 8 heteroatoms. The highest BCUT2D eigenvalue weighted by atomic mass is 127. The summed E-state index contributed by atoms with van der Waals surface area (Å²) in [5, 5.41) is 0. The Bertz CT molecular complexity index is 1380. The predicted octanol–water partition coefficient (Wildman–Crippen LogP) is 5.04. The van der Waals surface area contributed by atoms with Crippen LogP contribution in [-0.4, -0.2) is 41.3 Å². The lowest BCUT2D eigenvalue weighted by molar-refractivity contribution is -0.126. The Kier molecular flexibility index (Phi) is 8.78. The maximum absolute atomic E-state index is 13.6. The number of ketones is 1. The number of nitrogens with two attached hydrogens (primary N) is 1. The zero-order chi connectivity index (χ0) is 28.1. The molecular formula is C32H31IN2O5. The van der Waals surface area contributed by atoms with Crippen molar-refractivity contribution in [3.8, 4) is 0 Å². The first-order chi connectivity index (χ1) is 19.4. The van der Waals surface area contributed by atoms with Gasteiger partial charge < -0.3 is 20.1 Å². The van der Waals surface area contributed by atoms with E-state index in [2.05, 4.69) is 0 Å². The molecule has 0 aromatic heterocycles. The van der Waals surface area contributed by atoms with E-state index in [0.717, 1.165) is 17.5 Å². The van der Waals surface area contributed by atoms with Gasteiger partial charge in [0.2, 0.25) is 0 Å². The third-order valence-electron chi connectivity index (χ3n) is 7.83. The number of benzene rings is 3. The van der Waals surface area contributed by atoms with Crippen molar-refractivity contribution in [2.75, 3.05) is 6.61 Å². The van der Waals surface area contributed by atoms with Gasteiger partial charge in [-0.05, 0) is 52.5 Å². The first kappa shape index (κ1) is 28.2. The smallest absolute Gasteiger partial charge is 0.299 e. The highest BCUT2D eigenvalue weighted by Gasteiger charge is 2.69. The van der Waals surface area contributed by atoms with Crippen LogP contribution in [0, 0.1) is 11.3 Å². The minimum absolute atomic E-state index is 0.0462. The number of ether oxygens (including phenoxy) is 2. The van der Waals surface area contributed by atoms with Crippen molar-refractivity contribution in [3.05, 3.63) is 117 Å². The summed E-state index contributed by atoms with van der Waals surface area (Å²) < 4.78 is 12.9. The van der Waals surface area contributed by atoms with Gasteiger partial charge in [-0.25, -0.2) is 0 Å². The first-order valence-electron chi connectivity index (χ1n) is 13.3. The second-order valence-corrected chi connectivity index (χ2v) is 11.5. The molecule has 0 spiro atoms. The van der Waals surface area contributed by atoms with E-state index in [1.165, 1.54) is 11.1 Å². The molecule has 5 rings (SSSR count). The van der Waals surface area contributed by atoms with Gasteiger partial charge in [-0.15, -0.1) is 0 Å². The monoisotopic (exact) mass is 650 g/mol. The minimum atomic E-state index is -0.693. The van der Waals surface area contributed by atoms with Crippen LogP contribution in [0.2, 0.25) is 0 Å². The van der Waals surface area contributed by atoms with Crippen molar-refractivity contribution in [1.82, 2.24) is 4.90 Å². The molecule has 2 aliphatic carbocycles. The summed E-state index contributed by atoms with van der Waals surface area (Å²) in [7, 11) is 0. The van der Waals surface area contributed by atoms with Gasteiger partial charge in [0.25, 0.3) is 17.6 Å². The molecule has 2 N–H and O–H groups in total. The van der Waals surface area contributed by atoms with Gasteiger partial charge in [-0.2, -0.15) is 0 Å². The van der Waals surface area contributed by atoms with Gasteiger partial charge in [0.15, 0.2) is 0 Å². The minimum Gasteiger partial charge on any atom is -0.376 e. The molecule has 7 nitrogen and oxygen atoms in total. The fourth-order valence-corrected chi connectivity index (χ4v) is 5.98. The Morgan fingerprint density at radius 3 is 2.08 bits per heavy atom. The first-order valence-corrected chi connectivity index (χ1v) is 14.3. The van der Waals surface area contributed by atoms with Crippen LogP contribution in [-0.2, 0) is 32.3 Å². The van der Waals surface area contributed by atoms with Crippen molar-refractivity contribution in [1.29, 1.82) is 0 Å². The molecule has 0 bridgehead atoms. The molecule has 0 aliphatic heterocycles. The quantitative estimate of drug-likeness (QED) is 0.128. The van der Waals surface area contributed by atoms with Crippen molar-refractivity contribution >= 4 is 40.2 Å². The second kappa shape index (κ2) is 12.4. The highest BCUT2D eigenvalue weighted by molar-refractivity contribution is 14.1. The Morgan fingerprint density at radius 2 is 1.48 bits per heavy atom. The molecule has 2 amide bonds. The average molecular weight is 651 g/mol. The Labute approximate surface area is 247 Å². The molecule has 2 saturated carbocycles. The molecule has 1 unspecified atom stereocenters. The van der Waals surface area contributed by atoms with E-state index in [4.69, 9.17) is 15.2 Å². The zero-order valence-corrected chi connectivity index (χ0v) is 24.1. The lowest BCUT2D eigenvalue weighted by Crippen LogP contribution is -2.42. The van der Waals surface area contributed by atoms with E-state index >= 15 is 0 Å².